The van der Waals surface area contributed by atoms with Crippen LogP contribution in [0, 0.1) is 0 Å². The fourth-order valence-corrected chi connectivity index (χ4v) is 4.22. The Morgan fingerprint density at radius 1 is 1.10 bits per heavy atom. The highest BCUT2D eigenvalue weighted by molar-refractivity contribution is 7.10. The van der Waals surface area contributed by atoms with Crippen LogP contribution < -0.4 is 9.64 Å². The van der Waals surface area contributed by atoms with Crippen LogP contribution in [0.4, 0.5) is 5.82 Å². The first kappa shape index (κ1) is 19.8. The number of carbonyl (C=O) groups excluding carboxylic acids is 2. The van der Waals surface area contributed by atoms with Crippen molar-refractivity contribution in [2.24, 2.45) is 0 Å². The second-order valence-electron chi connectivity index (χ2n) is 7.06. The van der Waals surface area contributed by atoms with Gasteiger partial charge in [-0.1, -0.05) is 12.1 Å². The number of ketones is 1. The van der Waals surface area contributed by atoms with E-state index in [0.717, 1.165) is 4.88 Å². The Kier molecular flexibility index (Phi) is 5.37. The first-order valence-electron chi connectivity index (χ1n) is 9.50. The smallest absolute Gasteiger partial charge is 0.301 e. The van der Waals surface area contributed by atoms with E-state index in [1.54, 1.807) is 48.7 Å². The molecule has 0 spiro atoms. The Labute approximate surface area is 178 Å². The van der Waals surface area contributed by atoms with Gasteiger partial charge in [-0.05, 0) is 61.7 Å². The third kappa shape index (κ3) is 3.59. The lowest BCUT2D eigenvalue weighted by molar-refractivity contribution is -0.132. The third-order valence-corrected chi connectivity index (χ3v) is 5.58. The Hall–Kier alpha value is -3.45. The summed E-state index contributed by atoms with van der Waals surface area (Å²) >= 11 is 1.41. The molecule has 1 N–H and O–H groups in total. The summed E-state index contributed by atoms with van der Waals surface area (Å²) in [6.07, 6.45) is 1.58. The van der Waals surface area contributed by atoms with Crippen molar-refractivity contribution >= 4 is 34.6 Å². The first-order valence-corrected chi connectivity index (χ1v) is 10.4. The van der Waals surface area contributed by atoms with E-state index in [2.05, 4.69) is 4.98 Å². The van der Waals surface area contributed by atoms with Gasteiger partial charge in [0.2, 0.25) is 0 Å². The minimum atomic E-state index is -0.744. The summed E-state index contributed by atoms with van der Waals surface area (Å²) in [5, 5.41) is 12.9. The SMILES string of the molecule is CC(C)Oc1ccc(/C(O)=C2\C(=O)C(=O)N(c3ccccn3)[C@H]2c2cccs2)cc1. The zero-order chi connectivity index (χ0) is 21.3. The number of pyridine rings is 1. The second kappa shape index (κ2) is 8.12. The number of benzene rings is 1. The lowest BCUT2D eigenvalue weighted by Crippen LogP contribution is -2.29. The van der Waals surface area contributed by atoms with Gasteiger partial charge in [0.1, 0.15) is 23.4 Å². The highest BCUT2D eigenvalue weighted by atomic mass is 32.1. The van der Waals surface area contributed by atoms with E-state index >= 15 is 0 Å². The van der Waals surface area contributed by atoms with Gasteiger partial charge < -0.3 is 9.84 Å². The van der Waals surface area contributed by atoms with Crippen LogP contribution in [0.1, 0.15) is 30.3 Å². The summed E-state index contributed by atoms with van der Waals surface area (Å²) in [6, 6.07) is 14.9. The topological polar surface area (TPSA) is 79.7 Å². The monoisotopic (exact) mass is 420 g/mol. The number of rotatable bonds is 5. The molecule has 0 unspecified atom stereocenters. The number of ether oxygens (including phenoxy) is 1. The molecule has 1 saturated heterocycles. The van der Waals surface area contributed by atoms with Crippen LogP contribution in [-0.4, -0.2) is 27.9 Å². The third-order valence-electron chi connectivity index (χ3n) is 4.65. The Bertz CT molecular complexity index is 1090. The van der Waals surface area contributed by atoms with Crippen LogP contribution in [0.15, 0.2) is 71.7 Å². The highest BCUT2D eigenvalue weighted by Crippen LogP contribution is 2.42. The van der Waals surface area contributed by atoms with Gasteiger partial charge >= 0.3 is 5.91 Å². The van der Waals surface area contributed by atoms with Crippen molar-refractivity contribution in [3.05, 3.63) is 82.2 Å². The van der Waals surface area contributed by atoms with Crippen molar-refractivity contribution in [3.63, 3.8) is 0 Å². The molecule has 0 aliphatic carbocycles. The summed E-state index contributed by atoms with van der Waals surface area (Å²) in [5.74, 6) is -0.656. The molecule has 1 amide bonds. The minimum absolute atomic E-state index is 0.0203. The van der Waals surface area contributed by atoms with Crippen molar-refractivity contribution in [1.29, 1.82) is 0 Å². The molecule has 1 atom stereocenters. The van der Waals surface area contributed by atoms with Crippen LogP contribution >= 0.6 is 11.3 Å². The standard InChI is InChI=1S/C23H20N2O4S/c1-14(2)29-16-10-8-15(9-11-16)21(26)19-20(17-6-5-13-30-17)25(23(28)22(19)27)18-7-3-4-12-24-18/h3-14,20,26H,1-2H3/b21-19+/t20-/m0/s1. The van der Waals surface area contributed by atoms with Crippen molar-refractivity contribution in [2.75, 3.05) is 4.90 Å². The van der Waals surface area contributed by atoms with E-state index < -0.39 is 17.7 Å². The highest BCUT2D eigenvalue weighted by Gasteiger charge is 2.47. The van der Waals surface area contributed by atoms with Gasteiger partial charge in [-0.25, -0.2) is 4.98 Å². The molecule has 1 aliphatic rings. The number of anilines is 1. The summed E-state index contributed by atoms with van der Waals surface area (Å²) in [4.78, 5) is 32.2. The van der Waals surface area contributed by atoms with Gasteiger partial charge in [0, 0.05) is 16.6 Å². The van der Waals surface area contributed by atoms with Crippen molar-refractivity contribution in [3.8, 4) is 5.75 Å². The average molecular weight is 420 g/mol. The number of nitrogens with zero attached hydrogens (tertiary/aromatic N) is 2. The Balaban J connectivity index is 1.82. The lowest BCUT2D eigenvalue weighted by Gasteiger charge is -2.23. The molecule has 1 aliphatic heterocycles. The molecule has 4 rings (SSSR count). The molecule has 30 heavy (non-hydrogen) atoms. The number of Topliss-reactive ketones (excluding diaryl/α,β-unsaturated/α-hetero) is 1. The largest absolute Gasteiger partial charge is 0.507 e. The van der Waals surface area contributed by atoms with Gasteiger partial charge in [0.15, 0.2) is 0 Å². The van der Waals surface area contributed by atoms with Gasteiger partial charge in [-0.15, -0.1) is 11.3 Å². The van der Waals surface area contributed by atoms with Crippen LogP contribution in [0.2, 0.25) is 0 Å². The van der Waals surface area contributed by atoms with Crippen LogP contribution in [-0.2, 0) is 9.59 Å². The zero-order valence-corrected chi connectivity index (χ0v) is 17.3. The van der Waals surface area contributed by atoms with Gasteiger partial charge in [0.25, 0.3) is 5.78 Å². The van der Waals surface area contributed by atoms with Gasteiger partial charge in [0.05, 0.1) is 11.7 Å². The molecule has 6 nitrogen and oxygen atoms in total. The van der Waals surface area contributed by atoms with Crippen molar-refractivity contribution < 1.29 is 19.4 Å². The predicted octanol–water partition coefficient (Wildman–Crippen LogP) is 4.56. The normalized spacial score (nSPS) is 18.2. The second-order valence-corrected chi connectivity index (χ2v) is 8.04. The molecule has 3 heterocycles. The number of hydrogen-bond donors (Lipinski definition) is 1. The molecule has 7 heteroatoms. The summed E-state index contributed by atoms with van der Waals surface area (Å²) in [7, 11) is 0. The predicted molar refractivity (Wildman–Crippen MR) is 116 cm³/mol. The van der Waals surface area contributed by atoms with Gasteiger partial charge in [-0.2, -0.15) is 0 Å². The van der Waals surface area contributed by atoms with E-state index in [1.807, 2.05) is 31.4 Å². The maximum Gasteiger partial charge on any atom is 0.301 e. The maximum absolute atomic E-state index is 13.0. The maximum atomic E-state index is 13.0. The fourth-order valence-electron chi connectivity index (χ4n) is 3.40. The van der Waals surface area contributed by atoms with Crippen molar-refractivity contribution in [2.45, 2.75) is 26.0 Å². The molecular formula is C23H20N2O4S. The van der Waals surface area contributed by atoms with E-state index in [1.165, 1.54) is 16.2 Å². The van der Waals surface area contributed by atoms with E-state index in [0.29, 0.717) is 17.1 Å². The van der Waals surface area contributed by atoms with E-state index in [-0.39, 0.29) is 17.4 Å². The number of hydrogen-bond acceptors (Lipinski definition) is 6. The van der Waals surface area contributed by atoms with Crippen LogP contribution in [0.5, 0.6) is 5.75 Å². The molecule has 0 bridgehead atoms. The van der Waals surface area contributed by atoms with Crippen LogP contribution in [0.3, 0.4) is 0 Å². The quantitative estimate of drug-likeness (QED) is 0.372. The number of thiophene rings is 1. The molecule has 0 saturated carbocycles. The number of carbonyl (C=O) groups is 2. The summed E-state index contributed by atoms with van der Waals surface area (Å²) in [6.45, 7) is 3.85. The minimum Gasteiger partial charge on any atom is -0.507 e. The molecule has 1 fully saturated rings. The van der Waals surface area contributed by atoms with Gasteiger partial charge in [-0.3, -0.25) is 14.5 Å². The number of aliphatic hydroxyl groups excluding tert-OH is 1. The zero-order valence-electron chi connectivity index (χ0n) is 16.5. The molecule has 2 aromatic heterocycles. The molecule has 3 aromatic rings. The summed E-state index contributed by atoms with van der Waals surface area (Å²) in [5.41, 5.74) is 0.484. The van der Waals surface area contributed by atoms with E-state index in [4.69, 9.17) is 4.74 Å². The fraction of sp³-hybridized carbons (Fsp3) is 0.174. The molecule has 0 radical (unpaired) electrons. The lowest BCUT2D eigenvalue weighted by atomic mass is 10.00. The van der Waals surface area contributed by atoms with Crippen molar-refractivity contribution in [1.82, 2.24) is 4.98 Å². The summed E-state index contributed by atoms with van der Waals surface area (Å²) < 4.78 is 5.63. The molecule has 152 valence electrons. The van der Waals surface area contributed by atoms with Crippen LogP contribution in [0.25, 0.3) is 5.76 Å². The molecular weight excluding hydrogens is 400 g/mol. The number of aromatic nitrogens is 1. The average Bonchev–Trinajstić information content (AvgIpc) is 3.35. The van der Waals surface area contributed by atoms with E-state index in [9.17, 15) is 14.7 Å². The Morgan fingerprint density at radius 3 is 2.47 bits per heavy atom. The molecule has 1 aromatic carbocycles. The first-order chi connectivity index (χ1) is 14.5. The Morgan fingerprint density at radius 2 is 1.87 bits per heavy atom. The number of amides is 1. The number of aliphatic hydroxyl groups is 1.